The predicted molar refractivity (Wildman–Crippen MR) is 70.8 cm³/mol. The fourth-order valence-electron chi connectivity index (χ4n) is 1.92. The van der Waals surface area contributed by atoms with Gasteiger partial charge >= 0.3 is 0 Å². The van der Waals surface area contributed by atoms with Crippen LogP contribution in [-0.2, 0) is 13.6 Å². The molecular formula is C14H16N4. The van der Waals surface area contributed by atoms with E-state index in [2.05, 4.69) is 16.1 Å². The highest BCUT2D eigenvalue weighted by atomic mass is 15.3. The first-order valence-corrected chi connectivity index (χ1v) is 5.78. The van der Waals surface area contributed by atoms with Crippen molar-refractivity contribution in [2.24, 2.45) is 7.05 Å². The second-order valence-corrected chi connectivity index (χ2v) is 4.56. The van der Waals surface area contributed by atoms with Crippen LogP contribution in [0.3, 0.4) is 0 Å². The average molecular weight is 240 g/mol. The first kappa shape index (κ1) is 12.3. The van der Waals surface area contributed by atoms with Gasteiger partial charge in [0.2, 0.25) is 0 Å². The Labute approximate surface area is 107 Å². The number of hydrogen-bond donors (Lipinski definition) is 0. The van der Waals surface area contributed by atoms with E-state index >= 15 is 0 Å². The summed E-state index contributed by atoms with van der Waals surface area (Å²) < 4.78 is 1.90. The molecule has 0 bridgehead atoms. The molecule has 0 unspecified atom stereocenters. The Kier molecular flexibility index (Phi) is 3.45. The normalized spacial score (nSPS) is 10.6. The lowest BCUT2D eigenvalue weighted by molar-refractivity contribution is 0.388. The van der Waals surface area contributed by atoms with Gasteiger partial charge in [0.25, 0.3) is 0 Å². The van der Waals surface area contributed by atoms with Gasteiger partial charge in [-0.15, -0.1) is 0 Å². The van der Waals surface area contributed by atoms with Crippen molar-refractivity contribution < 1.29 is 0 Å². The van der Waals surface area contributed by atoms with Crippen LogP contribution in [0.25, 0.3) is 11.1 Å². The Bertz CT molecular complexity index is 573. The van der Waals surface area contributed by atoms with Crippen LogP contribution in [0.1, 0.15) is 11.3 Å². The van der Waals surface area contributed by atoms with Gasteiger partial charge in [0.1, 0.15) is 0 Å². The highest BCUT2D eigenvalue weighted by Crippen LogP contribution is 2.24. The van der Waals surface area contributed by atoms with Gasteiger partial charge in [-0.1, -0.05) is 12.1 Å². The standard InChI is InChI=1S/C14H16N4/c1-17(2)10-14-13(9-16-18(14)3)12-6-4-11(8-15)5-7-12/h4-7,9H,10H2,1-3H3. The molecular weight excluding hydrogens is 224 g/mol. The van der Waals surface area contributed by atoms with E-state index in [9.17, 15) is 0 Å². The van der Waals surface area contributed by atoms with Crippen molar-refractivity contribution in [2.45, 2.75) is 6.54 Å². The van der Waals surface area contributed by atoms with Crippen LogP contribution < -0.4 is 0 Å². The van der Waals surface area contributed by atoms with Gasteiger partial charge in [-0.05, 0) is 31.8 Å². The molecule has 4 heteroatoms. The molecule has 0 N–H and O–H groups in total. The third-order valence-corrected chi connectivity index (χ3v) is 2.85. The van der Waals surface area contributed by atoms with Crippen LogP contribution in [0.2, 0.25) is 0 Å². The topological polar surface area (TPSA) is 44.9 Å². The van der Waals surface area contributed by atoms with Crippen LogP contribution in [0.4, 0.5) is 0 Å². The van der Waals surface area contributed by atoms with Crippen LogP contribution in [0.5, 0.6) is 0 Å². The van der Waals surface area contributed by atoms with E-state index in [1.54, 1.807) is 0 Å². The van der Waals surface area contributed by atoms with E-state index in [0.717, 1.165) is 17.7 Å². The van der Waals surface area contributed by atoms with E-state index < -0.39 is 0 Å². The van der Waals surface area contributed by atoms with E-state index in [4.69, 9.17) is 5.26 Å². The molecule has 1 aromatic carbocycles. The maximum Gasteiger partial charge on any atom is 0.0991 e. The number of nitrogens with zero attached hydrogens (tertiary/aromatic N) is 4. The maximum absolute atomic E-state index is 8.80. The molecule has 0 aliphatic rings. The lowest BCUT2D eigenvalue weighted by Crippen LogP contribution is -2.14. The minimum atomic E-state index is 0.678. The zero-order valence-corrected chi connectivity index (χ0v) is 10.9. The monoisotopic (exact) mass is 240 g/mol. The Morgan fingerprint density at radius 2 is 1.94 bits per heavy atom. The molecule has 4 nitrogen and oxygen atoms in total. The predicted octanol–water partition coefficient (Wildman–Crippen LogP) is 2.02. The smallest absolute Gasteiger partial charge is 0.0991 e. The molecule has 0 atom stereocenters. The van der Waals surface area contributed by atoms with Crippen LogP contribution in [0.15, 0.2) is 30.5 Å². The lowest BCUT2D eigenvalue weighted by atomic mass is 10.0. The molecule has 18 heavy (non-hydrogen) atoms. The zero-order chi connectivity index (χ0) is 13.1. The second-order valence-electron chi connectivity index (χ2n) is 4.56. The van der Waals surface area contributed by atoms with Gasteiger partial charge in [-0.25, -0.2) is 0 Å². The van der Waals surface area contributed by atoms with Crippen molar-refractivity contribution in [1.82, 2.24) is 14.7 Å². The Morgan fingerprint density at radius 3 is 2.50 bits per heavy atom. The second kappa shape index (κ2) is 5.03. The Balaban J connectivity index is 2.41. The highest BCUT2D eigenvalue weighted by Gasteiger charge is 2.11. The third kappa shape index (κ3) is 2.41. The summed E-state index contributed by atoms with van der Waals surface area (Å²) in [6.07, 6.45) is 1.88. The maximum atomic E-state index is 8.80. The van der Waals surface area contributed by atoms with Crippen molar-refractivity contribution in [3.8, 4) is 17.2 Å². The summed E-state index contributed by atoms with van der Waals surface area (Å²) >= 11 is 0. The molecule has 2 aromatic rings. The lowest BCUT2D eigenvalue weighted by Gasteiger charge is -2.12. The van der Waals surface area contributed by atoms with Crippen molar-refractivity contribution in [3.05, 3.63) is 41.7 Å². The van der Waals surface area contributed by atoms with Crippen molar-refractivity contribution in [3.63, 3.8) is 0 Å². The Hall–Kier alpha value is -2.12. The van der Waals surface area contributed by atoms with Crippen molar-refractivity contribution in [1.29, 1.82) is 5.26 Å². The molecule has 0 amide bonds. The quantitative estimate of drug-likeness (QED) is 0.824. The van der Waals surface area contributed by atoms with Crippen LogP contribution in [-0.4, -0.2) is 28.8 Å². The van der Waals surface area contributed by atoms with Crippen molar-refractivity contribution in [2.75, 3.05) is 14.1 Å². The average Bonchev–Trinajstić information content (AvgIpc) is 2.71. The SMILES string of the molecule is CN(C)Cc1c(-c2ccc(C#N)cc2)cnn1C. The molecule has 0 saturated heterocycles. The summed E-state index contributed by atoms with van der Waals surface area (Å²) in [7, 11) is 6.02. The summed E-state index contributed by atoms with van der Waals surface area (Å²) in [5.74, 6) is 0. The minimum absolute atomic E-state index is 0.678. The number of aromatic nitrogens is 2. The number of benzene rings is 1. The largest absolute Gasteiger partial charge is 0.304 e. The first-order chi connectivity index (χ1) is 8.61. The molecule has 2 rings (SSSR count). The van der Waals surface area contributed by atoms with Gasteiger partial charge in [-0.2, -0.15) is 10.4 Å². The fraction of sp³-hybridized carbons (Fsp3) is 0.286. The number of rotatable bonds is 3. The van der Waals surface area contributed by atoms with E-state index in [0.29, 0.717) is 5.56 Å². The minimum Gasteiger partial charge on any atom is -0.304 e. The summed E-state index contributed by atoms with van der Waals surface area (Å²) in [6.45, 7) is 0.839. The van der Waals surface area contributed by atoms with Gasteiger partial charge in [0.05, 0.1) is 23.5 Å². The Morgan fingerprint density at radius 1 is 1.28 bits per heavy atom. The van der Waals surface area contributed by atoms with Crippen LogP contribution in [0, 0.1) is 11.3 Å². The van der Waals surface area contributed by atoms with Gasteiger partial charge in [0, 0.05) is 19.2 Å². The first-order valence-electron chi connectivity index (χ1n) is 5.78. The number of hydrogen-bond acceptors (Lipinski definition) is 3. The molecule has 0 aliphatic heterocycles. The summed E-state index contributed by atoms with van der Waals surface area (Å²) in [6, 6.07) is 9.73. The fourth-order valence-corrected chi connectivity index (χ4v) is 1.92. The molecule has 0 aliphatic carbocycles. The molecule has 0 spiro atoms. The number of aryl methyl sites for hydroxylation is 1. The molecule has 1 aromatic heterocycles. The zero-order valence-electron chi connectivity index (χ0n) is 10.9. The van der Waals surface area contributed by atoms with E-state index in [1.807, 2.05) is 56.3 Å². The molecule has 0 saturated carbocycles. The molecule has 0 radical (unpaired) electrons. The highest BCUT2D eigenvalue weighted by molar-refractivity contribution is 5.66. The van der Waals surface area contributed by atoms with E-state index in [-0.39, 0.29) is 0 Å². The number of nitriles is 1. The van der Waals surface area contributed by atoms with Gasteiger partial charge in [-0.3, -0.25) is 4.68 Å². The summed E-state index contributed by atoms with van der Waals surface area (Å²) in [5.41, 5.74) is 4.07. The molecule has 1 heterocycles. The molecule has 0 fully saturated rings. The van der Waals surface area contributed by atoms with Crippen LogP contribution >= 0.6 is 0 Å². The summed E-state index contributed by atoms with van der Waals surface area (Å²) in [4.78, 5) is 2.12. The van der Waals surface area contributed by atoms with Crippen molar-refractivity contribution >= 4 is 0 Å². The van der Waals surface area contributed by atoms with Gasteiger partial charge in [0.15, 0.2) is 0 Å². The van der Waals surface area contributed by atoms with Gasteiger partial charge < -0.3 is 4.90 Å². The third-order valence-electron chi connectivity index (χ3n) is 2.85. The molecule has 92 valence electrons. The summed E-state index contributed by atoms with van der Waals surface area (Å²) in [5, 5.41) is 13.1. The van der Waals surface area contributed by atoms with E-state index in [1.165, 1.54) is 5.69 Å².